The van der Waals surface area contributed by atoms with E-state index in [-0.39, 0.29) is 34.0 Å². The van der Waals surface area contributed by atoms with Gasteiger partial charge in [0.15, 0.2) is 0 Å². The average molecular weight is 553 g/mol. The molecule has 3 aromatic rings. The van der Waals surface area contributed by atoms with E-state index in [2.05, 4.69) is 10.2 Å². The molecule has 0 spiro atoms. The zero-order chi connectivity index (χ0) is 26.5. The van der Waals surface area contributed by atoms with Crippen molar-refractivity contribution in [3.8, 4) is 5.88 Å². The second-order valence-corrected chi connectivity index (χ2v) is 10.5. The van der Waals surface area contributed by atoms with Crippen LogP contribution >= 0.6 is 22.9 Å². The monoisotopic (exact) mass is 552 g/mol. The number of halogens is 5. The highest BCUT2D eigenvalue weighted by Crippen LogP contribution is 2.38. The summed E-state index contributed by atoms with van der Waals surface area (Å²) in [6.45, 7) is 0.637. The van der Waals surface area contributed by atoms with Gasteiger partial charge in [-0.2, -0.15) is 23.4 Å². The fourth-order valence-corrected chi connectivity index (χ4v) is 5.93. The lowest BCUT2D eigenvalue weighted by atomic mass is 9.96. The van der Waals surface area contributed by atoms with Gasteiger partial charge < -0.3 is 10.0 Å². The van der Waals surface area contributed by atoms with Crippen molar-refractivity contribution in [3.05, 3.63) is 83.2 Å². The third kappa shape index (κ3) is 4.95. The Morgan fingerprint density at radius 3 is 2.76 bits per heavy atom. The van der Waals surface area contributed by atoms with Crippen LogP contribution < -0.4 is 15.4 Å². The number of hydrogen-bond acceptors (Lipinski definition) is 6. The molecule has 6 nitrogen and oxygen atoms in total. The first-order chi connectivity index (χ1) is 17.5. The van der Waals surface area contributed by atoms with Crippen molar-refractivity contribution in [2.75, 3.05) is 20.1 Å². The van der Waals surface area contributed by atoms with Crippen LogP contribution in [0, 0.1) is 0 Å². The molecule has 2 atom stereocenters. The number of fused-ring (bicyclic) bond motifs is 1. The molecule has 0 aliphatic carbocycles. The Kier molecular flexibility index (Phi) is 6.71. The SMILES string of the molecule is CN1CC[C@H](n2c(O)c(C(Cc3ccc(Cl)cc3C(F)(F)F)=c3ccc4c(c3)C=NN=4)sc2=O)[C@@H](F)C1. The molecule has 1 N–H and O–H groups in total. The predicted molar refractivity (Wildman–Crippen MR) is 134 cm³/mol. The summed E-state index contributed by atoms with van der Waals surface area (Å²) >= 11 is 6.55. The van der Waals surface area contributed by atoms with E-state index in [1.54, 1.807) is 30.1 Å². The van der Waals surface area contributed by atoms with E-state index in [1.165, 1.54) is 18.3 Å². The zero-order valence-corrected chi connectivity index (χ0v) is 21.0. The molecule has 0 radical (unpaired) electrons. The number of hydrogen-bond donors (Lipinski definition) is 1. The first-order valence-corrected chi connectivity index (χ1v) is 12.6. The van der Waals surface area contributed by atoms with Crippen LogP contribution in [-0.2, 0) is 12.6 Å². The van der Waals surface area contributed by atoms with Gasteiger partial charge >= 0.3 is 11.0 Å². The molecule has 194 valence electrons. The molecule has 2 aliphatic rings. The molecule has 1 saturated heterocycles. The average Bonchev–Trinajstić information content (AvgIpc) is 3.41. The van der Waals surface area contributed by atoms with Gasteiger partial charge in [-0.15, -0.1) is 0 Å². The van der Waals surface area contributed by atoms with Crippen LogP contribution in [0.1, 0.15) is 34.0 Å². The van der Waals surface area contributed by atoms with Crippen LogP contribution in [0.4, 0.5) is 17.6 Å². The minimum absolute atomic E-state index is 0.0668. The van der Waals surface area contributed by atoms with Crippen molar-refractivity contribution in [2.24, 2.45) is 10.2 Å². The van der Waals surface area contributed by atoms with Crippen molar-refractivity contribution >= 4 is 34.7 Å². The predicted octanol–water partition coefficient (Wildman–Crippen LogP) is 3.91. The van der Waals surface area contributed by atoms with Gasteiger partial charge in [0.2, 0.25) is 5.88 Å². The molecule has 1 fully saturated rings. The largest absolute Gasteiger partial charge is 0.493 e. The smallest absolute Gasteiger partial charge is 0.416 e. The van der Waals surface area contributed by atoms with Gasteiger partial charge in [-0.3, -0.25) is 9.36 Å². The van der Waals surface area contributed by atoms with E-state index in [9.17, 15) is 27.5 Å². The van der Waals surface area contributed by atoms with E-state index >= 15 is 0 Å². The molecule has 12 heteroatoms. The summed E-state index contributed by atoms with van der Waals surface area (Å²) < 4.78 is 57.6. The number of benzene rings is 2. The van der Waals surface area contributed by atoms with Crippen LogP contribution in [0.5, 0.6) is 5.88 Å². The van der Waals surface area contributed by atoms with Crippen molar-refractivity contribution in [1.82, 2.24) is 9.47 Å². The summed E-state index contributed by atoms with van der Waals surface area (Å²) in [4.78, 5) is 14.3. The van der Waals surface area contributed by atoms with E-state index in [0.717, 1.165) is 10.6 Å². The lowest BCUT2D eigenvalue weighted by Gasteiger charge is -2.32. The van der Waals surface area contributed by atoms with Gasteiger partial charge in [0.05, 0.1) is 28.1 Å². The lowest BCUT2D eigenvalue weighted by molar-refractivity contribution is -0.138. The van der Waals surface area contributed by atoms with Gasteiger partial charge in [-0.1, -0.05) is 35.1 Å². The van der Waals surface area contributed by atoms with Crippen LogP contribution in [0.3, 0.4) is 0 Å². The normalized spacial score (nSPS) is 20.6. The maximum atomic E-state index is 14.9. The Balaban J connectivity index is 1.70. The second-order valence-electron chi connectivity index (χ2n) is 9.10. The Morgan fingerprint density at radius 2 is 2.03 bits per heavy atom. The van der Waals surface area contributed by atoms with Gasteiger partial charge in [0, 0.05) is 30.1 Å². The minimum Gasteiger partial charge on any atom is -0.493 e. The Morgan fingerprint density at radius 1 is 1.24 bits per heavy atom. The van der Waals surface area contributed by atoms with Gasteiger partial charge in [0.1, 0.15) is 6.17 Å². The number of aromatic nitrogens is 1. The molecule has 0 unspecified atom stereocenters. The highest BCUT2D eigenvalue weighted by molar-refractivity contribution is 7.10. The highest BCUT2D eigenvalue weighted by atomic mass is 35.5. The molecule has 2 aromatic carbocycles. The fraction of sp³-hybridized carbons (Fsp3) is 0.320. The Hall–Kier alpha value is -3.02. The summed E-state index contributed by atoms with van der Waals surface area (Å²) in [6, 6.07) is 7.62. The van der Waals surface area contributed by atoms with Crippen molar-refractivity contribution in [2.45, 2.75) is 31.2 Å². The van der Waals surface area contributed by atoms with E-state index in [4.69, 9.17) is 11.6 Å². The maximum absolute atomic E-state index is 14.9. The first-order valence-electron chi connectivity index (χ1n) is 11.4. The number of piperidine rings is 1. The van der Waals surface area contributed by atoms with Crippen molar-refractivity contribution < 1.29 is 22.7 Å². The summed E-state index contributed by atoms with van der Waals surface area (Å²) in [5.41, 5.74) is -0.0639. The second kappa shape index (κ2) is 9.70. The number of thiazole rings is 1. The summed E-state index contributed by atoms with van der Waals surface area (Å²) in [5, 5.41) is 20.0. The number of alkyl halides is 4. The van der Waals surface area contributed by atoms with Gasteiger partial charge in [-0.05, 0) is 54.1 Å². The Bertz CT molecular complexity index is 1580. The van der Waals surface area contributed by atoms with E-state index < -0.39 is 34.7 Å². The van der Waals surface area contributed by atoms with Crippen LogP contribution in [0.2, 0.25) is 5.02 Å². The number of aromatic hydroxyl groups is 1. The molecular weight excluding hydrogens is 532 g/mol. The highest BCUT2D eigenvalue weighted by Gasteiger charge is 2.36. The quantitative estimate of drug-likeness (QED) is 0.499. The maximum Gasteiger partial charge on any atom is 0.416 e. The van der Waals surface area contributed by atoms with Gasteiger partial charge in [-0.25, -0.2) is 4.39 Å². The molecule has 5 rings (SSSR count). The standard InChI is InChI=1S/C25H21ClF4N4O2S/c1-33-7-6-21(19(27)12-33)34-23(35)22(37-24(34)36)17(13-3-5-20-15(8-13)11-31-32-20)9-14-2-4-16(26)10-18(14)25(28,29)30/h2-5,8,10-11,19,21,35H,6-7,9,12H2,1H3/t19-,21-/m0/s1. The lowest BCUT2D eigenvalue weighted by Crippen LogP contribution is -2.42. The summed E-state index contributed by atoms with van der Waals surface area (Å²) in [6.07, 6.45) is -4.51. The number of rotatable bonds is 4. The Labute approximate surface area is 217 Å². The molecular formula is C25H21ClF4N4O2S. The molecule has 1 aromatic heterocycles. The minimum atomic E-state index is -4.68. The molecule has 3 heterocycles. The third-order valence-electron chi connectivity index (χ3n) is 6.62. The first kappa shape index (κ1) is 25.6. The fourth-order valence-electron chi connectivity index (χ4n) is 4.76. The molecule has 37 heavy (non-hydrogen) atoms. The van der Waals surface area contributed by atoms with Crippen LogP contribution in [0.15, 0.2) is 51.4 Å². The van der Waals surface area contributed by atoms with Crippen LogP contribution in [0.25, 0.3) is 5.57 Å². The molecule has 0 bridgehead atoms. The third-order valence-corrected chi connectivity index (χ3v) is 7.86. The molecule has 0 amide bonds. The van der Waals surface area contributed by atoms with E-state index in [1.807, 2.05) is 0 Å². The summed E-state index contributed by atoms with van der Waals surface area (Å²) in [5.74, 6) is -0.455. The van der Waals surface area contributed by atoms with Crippen molar-refractivity contribution in [1.29, 1.82) is 0 Å². The molecule has 0 saturated carbocycles. The van der Waals surface area contributed by atoms with Gasteiger partial charge in [0.25, 0.3) is 0 Å². The van der Waals surface area contributed by atoms with Crippen LogP contribution in [-0.4, -0.2) is 47.1 Å². The van der Waals surface area contributed by atoms with Crippen molar-refractivity contribution in [3.63, 3.8) is 0 Å². The number of nitrogens with zero attached hydrogens (tertiary/aromatic N) is 4. The zero-order valence-electron chi connectivity index (χ0n) is 19.5. The summed E-state index contributed by atoms with van der Waals surface area (Å²) in [7, 11) is 1.77. The van der Waals surface area contributed by atoms with E-state index in [0.29, 0.717) is 40.4 Å². The topological polar surface area (TPSA) is 70.2 Å². The number of likely N-dealkylation sites (tertiary alicyclic amines) is 1. The molecule has 2 aliphatic heterocycles.